The van der Waals surface area contributed by atoms with E-state index in [1.54, 1.807) is 33.8 Å². The van der Waals surface area contributed by atoms with Crippen molar-refractivity contribution < 1.29 is 14.7 Å². The molecule has 0 unspecified atom stereocenters. The number of amides is 1. The normalized spacial score (nSPS) is 17.2. The summed E-state index contributed by atoms with van der Waals surface area (Å²) < 4.78 is 7.72. The molecular weight excluding hydrogens is 358 g/mol. The smallest absolute Gasteiger partial charge is 0.275 e. The van der Waals surface area contributed by atoms with Gasteiger partial charge in [-0.15, -0.1) is 0 Å². The Kier molecular flexibility index (Phi) is 4.60. The highest BCUT2D eigenvalue weighted by Crippen LogP contribution is 2.23. The minimum Gasteiger partial charge on any atom is -0.489 e. The number of oxime groups is 1. The van der Waals surface area contributed by atoms with Gasteiger partial charge in [0.1, 0.15) is 11.9 Å². The third kappa shape index (κ3) is 3.24. The molecule has 2 aromatic carbocycles. The number of para-hydroxylation sites is 1. The highest BCUT2D eigenvalue weighted by atomic mass is 16.5. The molecule has 0 aliphatic carbocycles. The molecule has 1 aromatic heterocycles. The Morgan fingerprint density at radius 2 is 2.00 bits per heavy atom. The molecule has 3 aromatic rings. The van der Waals surface area contributed by atoms with E-state index in [1.165, 1.54) is 0 Å². The molecule has 3 N–H and O–H groups in total. The molecule has 1 aliphatic rings. The fourth-order valence-electron chi connectivity index (χ4n) is 3.48. The molecule has 1 saturated heterocycles. The number of benzene rings is 2. The summed E-state index contributed by atoms with van der Waals surface area (Å²) in [5, 5.41) is 17.0. The van der Waals surface area contributed by atoms with Crippen LogP contribution in [-0.2, 0) is 7.05 Å². The number of amidine groups is 1. The molecule has 1 aliphatic heterocycles. The fraction of sp³-hybridized carbons (Fsp3) is 0.250. The third-order valence-corrected chi connectivity index (χ3v) is 4.95. The molecule has 0 radical (unpaired) electrons. The summed E-state index contributed by atoms with van der Waals surface area (Å²) in [6, 6.07) is 14.7. The Labute approximate surface area is 161 Å². The Balaban J connectivity index is 1.44. The van der Waals surface area contributed by atoms with Gasteiger partial charge in [0, 0.05) is 31.0 Å². The van der Waals surface area contributed by atoms with E-state index in [2.05, 4.69) is 10.3 Å². The van der Waals surface area contributed by atoms with Crippen LogP contribution in [0.3, 0.4) is 0 Å². The SMILES string of the molecule is Cn1nc(C(=O)N2CC[C@@H](Oc3ccc(C(N)=NO)cc3)C2)c2ccccc21. The number of fused-ring (bicyclic) bond motifs is 1. The number of hydrogen-bond acceptors (Lipinski definition) is 5. The van der Waals surface area contributed by atoms with Gasteiger partial charge >= 0.3 is 0 Å². The number of aromatic nitrogens is 2. The van der Waals surface area contributed by atoms with Gasteiger partial charge in [-0.2, -0.15) is 5.10 Å². The highest BCUT2D eigenvalue weighted by Gasteiger charge is 2.30. The second kappa shape index (κ2) is 7.22. The van der Waals surface area contributed by atoms with Crippen molar-refractivity contribution in [2.75, 3.05) is 13.1 Å². The van der Waals surface area contributed by atoms with Crippen LogP contribution in [0.2, 0.25) is 0 Å². The molecule has 1 amide bonds. The molecule has 0 saturated carbocycles. The first kappa shape index (κ1) is 17.8. The van der Waals surface area contributed by atoms with Crippen LogP contribution >= 0.6 is 0 Å². The summed E-state index contributed by atoms with van der Waals surface area (Å²) in [7, 11) is 1.84. The lowest BCUT2D eigenvalue weighted by Crippen LogP contribution is -2.31. The van der Waals surface area contributed by atoms with Crippen LogP contribution in [0, 0.1) is 0 Å². The van der Waals surface area contributed by atoms with Gasteiger partial charge in [-0.05, 0) is 30.3 Å². The Hall–Kier alpha value is -3.55. The average Bonchev–Trinajstić information content (AvgIpc) is 3.32. The van der Waals surface area contributed by atoms with E-state index in [4.69, 9.17) is 15.7 Å². The zero-order valence-electron chi connectivity index (χ0n) is 15.4. The van der Waals surface area contributed by atoms with Crippen molar-refractivity contribution in [3.63, 3.8) is 0 Å². The second-order valence-electron chi connectivity index (χ2n) is 6.78. The molecule has 4 rings (SSSR count). The molecule has 0 bridgehead atoms. The standard InChI is InChI=1S/C20H21N5O3/c1-24-17-5-3-2-4-16(17)18(22-24)20(26)25-11-10-15(12-25)28-14-8-6-13(7-9-14)19(21)23-27/h2-9,15,27H,10-12H2,1H3,(H2,21,23)/t15-/m1/s1. The Bertz CT molecular complexity index is 1040. The van der Waals surface area contributed by atoms with Crippen LogP contribution in [0.1, 0.15) is 22.5 Å². The molecule has 8 nitrogen and oxygen atoms in total. The van der Waals surface area contributed by atoms with Gasteiger partial charge < -0.3 is 20.6 Å². The number of carbonyl (C=O) groups is 1. The van der Waals surface area contributed by atoms with Crippen molar-refractivity contribution in [2.24, 2.45) is 17.9 Å². The van der Waals surface area contributed by atoms with Crippen LogP contribution in [0.15, 0.2) is 53.7 Å². The monoisotopic (exact) mass is 379 g/mol. The number of hydrogen-bond donors (Lipinski definition) is 2. The summed E-state index contributed by atoms with van der Waals surface area (Å²) in [6.45, 7) is 1.13. The van der Waals surface area contributed by atoms with Crippen molar-refractivity contribution in [1.29, 1.82) is 0 Å². The van der Waals surface area contributed by atoms with Crippen LogP contribution in [-0.4, -0.2) is 50.8 Å². The molecule has 2 heterocycles. The van der Waals surface area contributed by atoms with Gasteiger partial charge in [0.05, 0.1) is 12.1 Å². The van der Waals surface area contributed by atoms with Crippen molar-refractivity contribution in [3.05, 3.63) is 59.8 Å². The fourth-order valence-corrected chi connectivity index (χ4v) is 3.48. The van der Waals surface area contributed by atoms with Crippen molar-refractivity contribution >= 4 is 22.6 Å². The number of carbonyl (C=O) groups excluding carboxylic acids is 1. The van der Waals surface area contributed by atoms with E-state index in [9.17, 15) is 4.79 Å². The number of nitrogens with zero attached hydrogens (tertiary/aromatic N) is 4. The number of likely N-dealkylation sites (tertiary alicyclic amines) is 1. The lowest BCUT2D eigenvalue weighted by atomic mass is 10.2. The predicted molar refractivity (Wildman–Crippen MR) is 105 cm³/mol. The van der Waals surface area contributed by atoms with Crippen molar-refractivity contribution in [2.45, 2.75) is 12.5 Å². The van der Waals surface area contributed by atoms with Gasteiger partial charge in [0.15, 0.2) is 11.5 Å². The van der Waals surface area contributed by atoms with E-state index >= 15 is 0 Å². The van der Waals surface area contributed by atoms with E-state index in [1.807, 2.05) is 31.3 Å². The van der Waals surface area contributed by atoms with Crippen molar-refractivity contribution in [1.82, 2.24) is 14.7 Å². The maximum absolute atomic E-state index is 13.0. The lowest BCUT2D eigenvalue weighted by molar-refractivity contribution is 0.0767. The number of nitrogens with two attached hydrogens (primary N) is 1. The molecular formula is C20H21N5O3. The molecule has 8 heteroatoms. The van der Waals surface area contributed by atoms with Gasteiger partial charge in [-0.3, -0.25) is 9.48 Å². The third-order valence-electron chi connectivity index (χ3n) is 4.95. The second-order valence-corrected chi connectivity index (χ2v) is 6.78. The summed E-state index contributed by atoms with van der Waals surface area (Å²) in [5.41, 5.74) is 7.58. The topological polar surface area (TPSA) is 106 Å². The molecule has 1 fully saturated rings. The molecule has 0 spiro atoms. The summed E-state index contributed by atoms with van der Waals surface area (Å²) in [4.78, 5) is 14.8. The minimum atomic E-state index is -0.0892. The van der Waals surface area contributed by atoms with Gasteiger partial charge in [0.2, 0.25) is 0 Å². The first-order chi connectivity index (χ1) is 13.6. The van der Waals surface area contributed by atoms with E-state index in [-0.39, 0.29) is 17.8 Å². The largest absolute Gasteiger partial charge is 0.489 e. The summed E-state index contributed by atoms with van der Waals surface area (Å²) >= 11 is 0. The minimum absolute atomic E-state index is 0.0479. The van der Waals surface area contributed by atoms with Crippen LogP contribution in [0.25, 0.3) is 10.9 Å². The van der Waals surface area contributed by atoms with Crippen LogP contribution in [0.5, 0.6) is 5.75 Å². The Morgan fingerprint density at radius 3 is 2.75 bits per heavy atom. The van der Waals surface area contributed by atoms with Crippen LogP contribution in [0.4, 0.5) is 0 Å². The quantitative estimate of drug-likeness (QED) is 0.312. The highest BCUT2D eigenvalue weighted by molar-refractivity contribution is 6.05. The Morgan fingerprint density at radius 1 is 1.25 bits per heavy atom. The zero-order chi connectivity index (χ0) is 19.7. The number of rotatable bonds is 4. The van der Waals surface area contributed by atoms with E-state index < -0.39 is 0 Å². The maximum Gasteiger partial charge on any atom is 0.275 e. The number of aryl methyl sites for hydroxylation is 1. The number of ether oxygens (including phenoxy) is 1. The summed E-state index contributed by atoms with van der Waals surface area (Å²) in [6.07, 6.45) is 0.659. The maximum atomic E-state index is 13.0. The predicted octanol–water partition coefficient (Wildman–Crippen LogP) is 1.96. The molecule has 28 heavy (non-hydrogen) atoms. The first-order valence-corrected chi connectivity index (χ1v) is 9.02. The van der Waals surface area contributed by atoms with Gasteiger partial charge in [-0.25, -0.2) is 0 Å². The van der Waals surface area contributed by atoms with Gasteiger partial charge in [-0.1, -0.05) is 23.4 Å². The first-order valence-electron chi connectivity index (χ1n) is 9.02. The van der Waals surface area contributed by atoms with Gasteiger partial charge in [0.25, 0.3) is 5.91 Å². The zero-order valence-corrected chi connectivity index (χ0v) is 15.4. The average molecular weight is 379 g/mol. The lowest BCUT2D eigenvalue weighted by Gasteiger charge is -2.16. The summed E-state index contributed by atoms with van der Waals surface area (Å²) in [5.74, 6) is 0.647. The molecule has 144 valence electrons. The van der Waals surface area contributed by atoms with Crippen LogP contribution < -0.4 is 10.5 Å². The molecule has 1 atom stereocenters. The van der Waals surface area contributed by atoms with E-state index in [0.29, 0.717) is 30.1 Å². The van der Waals surface area contributed by atoms with Crippen molar-refractivity contribution in [3.8, 4) is 5.75 Å². The van der Waals surface area contributed by atoms with E-state index in [0.717, 1.165) is 17.3 Å².